The van der Waals surface area contributed by atoms with Crippen molar-refractivity contribution in [1.29, 1.82) is 0 Å². The standard InChI is InChI=1S/C20H33N5O2S.HI/c1-21-20(22-12-15-28(26,27)23-16-17-6-5-7-17)24-18-10-13-25(14-11-18)19-8-3-2-4-9-19;/h2-4,8-9,17-18,23H,5-7,10-16H2,1H3,(H2,21,22,24);1H. The van der Waals surface area contributed by atoms with Crippen LogP contribution in [0.5, 0.6) is 0 Å². The Balaban J connectivity index is 0.00000300. The molecule has 3 N–H and O–H groups in total. The van der Waals surface area contributed by atoms with Crippen LogP contribution < -0.4 is 20.3 Å². The number of guanidine groups is 1. The van der Waals surface area contributed by atoms with E-state index in [2.05, 4.69) is 49.5 Å². The number of anilines is 1. The first-order valence-electron chi connectivity index (χ1n) is 10.3. The molecule has 0 spiro atoms. The topological polar surface area (TPSA) is 85.8 Å². The van der Waals surface area contributed by atoms with Gasteiger partial charge in [-0.05, 0) is 43.7 Å². The van der Waals surface area contributed by atoms with Gasteiger partial charge in [0.05, 0.1) is 5.75 Å². The van der Waals surface area contributed by atoms with Crippen LogP contribution in [0.25, 0.3) is 0 Å². The van der Waals surface area contributed by atoms with Crippen molar-refractivity contribution in [2.24, 2.45) is 10.9 Å². The summed E-state index contributed by atoms with van der Waals surface area (Å²) < 4.78 is 26.9. The number of hydrogen-bond donors (Lipinski definition) is 3. The van der Waals surface area contributed by atoms with Crippen molar-refractivity contribution in [3.63, 3.8) is 0 Å². The van der Waals surface area contributed by atoms with Gasteiger partial charge in [-0.25, -0.2) is 13.1 Å². The summed E-state index contributed by atoms with van der Waals surface area (Å²) in [7, 11) is -1.51. The predicted octanol–water partition coefficient (Wildman–Crippen LogP) is 2.16. The second-order valence-corrected chi connectivity index (χ2v) is 9.63. The lowest BCUT2D eigenvalue weighted by Gasteiger charge is -2.34. The minimum atomic E-state index is -3.23. The van der Waals surface area contributed by atoms with Crippen LogP contribution in [0.4, 0.5) is 5.69 Å². The number of hydrogen-bond acceptors (Lipinski definition) is 4. The molecule has 1 aliphatic carbocycles. The zero-order valence-electron chi connectivity index (χ0n) is 17.1. The molecule has 1 saturated heterocycles. The summed E-state index contributed by atoms with van der Waals surface area (Å²) in [5.74, 6) is 1.26. The average molecular weight is 535 g/mol. The minimum absolute atomic E-state index is 0. The molecular formula is C20H34IN5O2S. The van der Waals surface area contributed by atoms with Gasteiger partial charge in [0.2, 0.25) is 10.0 Å². The zero-order valence-corrected chi connectivity index (χ0v) is 20.3. The molecule has 1 aromatic rings. The molecule has 0 aromatic heterocycles. The van der Waals surface area contributed by atoms with Crippen molar-refractivity contribution < 1.29 is 8.42 Å². The van der Waals surface area contributed by atoms with Crippen LogP contribution in [0, 0.1) is 5.92 Å². The van der Waals surface area contributed by atoms with Crippen LogP contribution >= 0.6 is 24.0 Å². The van der Waals surface area contributed by atoms with Crippen LogP contribution in [0.1, 0.15) is 32.1 Å². The average Bonchev–Trinajstić information content (AvgIpc) is 2.67. The second-order valence-electron chi connectivity index (χ2n) is 7.70. The lowest BCUT2D eigenvalue weighted by molar-refractivity contribution is 0.316. The van der Waals surface area contributed by atoms with Crippen LogP contribution in [0.2, 0.25) is 0 Å². The molecule has 29 heavy (non-hydrogen) atoms. The Morgan fingerprint density at radius 3 is 2.41 bits per heavy atom. The first kappa shape index (κ1) is 24.2. The molecule has 1 aliphatic heterocycles. The number of nitrogens with one attached hydrogen (secondary N) is 3. The third-order valence-electron chi connectivity index (χ3n) is 5.66. The summed E-state index contributed by atoms with van der Waals surface area (Å²) >= 11 is 0. The van der Waals surface area contributed by atoms with Gasteiger partial charge in [0.15, 0.2) is 5.96 Å². The monoisotopic (exact) mass is 535 g/mol. The molecule has 0 bridgehead atoms. The fourth-order valence-corrected chi connectivity index (χ4v) is 4.63. The second kappa shape index (κ2) is 11.9. The summed E-state index contributed by atoms with van der Waals surface area (Å²) in [6, 6.07) is 10.8. The van der Waals surface area contributed by atoms with E-state index in [1.807, 2.05) is 6.07 Å². The molecule has 1 saturated carbocycles. The summed E-state index contributed by atoms with van der Waals surface area (Å²) in [4.78, 5) is 6.64. The highest BCUT2D eigenvalue weighted by Crippen LogP contribution is 2.25. The Hall–Kier alpha value is -1.07. The largest absolute Gasteiger partial charge is 0.371 e. The number of rotatable bonds is 8. The summed E-state index contributed by atoms with van der Waals surface area (Å²) in [5.41, 5.74) is 1.27. The van der Waals surface area contributed by atoms with Crippen molar-refractivity contribution >= 4 is 45.6 Å². The van der Waals surface area contributed by atoms with E-state index in [1.165, 1.54) is 12.1 Å². The highest BCUT2D eigenvalue weighted by Gasteiger charge is 2.21. The first-order chi connectivity index (χ1) is 13.6. The summed E-state index contributed by atoms with van der Waals surface area (Å²) in [6.45, 7) is 2.92. The fourth-order valence-electron chi connectivity index (χ4n) is 3.63. The number of aliphatic imine (C=N–C) groups is 1. The lowest BCUT2D eigenvalue weighted by Crippen LogP contribution is -2.49. The predicted molar refractivity (Wildman–Crippen MR) is 131 cm³/mol. The van der Waals surface area contributed by atoms with E-state index in [1.54, 1.807) is 7.05 Å². The molecular weight excluding hydrogens is 501 g/mol. The van der Waals surface area contributed by atoms with E-state index in [-0.39, 0.29) is 29.7 Å². The van der Waals surface area contributed by atoms with Crippen molar-refractivity contribution in [3.05, 3.63) is 30.3 Å². The molecule has 2 aliphatic rings. The Morgan fingerprint density at radius 1 is 1.14 bits per heavy atom. The number of para-hydroxylation sites is 1. The van der Waals surface area contributed by atoms with Crippen molar-refractivity contribution in [2.45, 2.75) is 38.1 Å². The molecule has 1 heterocycles. The number of piperidine rings is 1. The Morgan fingerprint density at radius 2 is 1.83 bits per heavy atom. The maximum Gasteiger partial charge on any atom is 0.213 e. The third kappa shape index (κ3) is 7.93. The van der Waals surface area contributed by atoms with Gasteiger partial charge in [0, 0.05) is 45.0 Å². The van der Waals surface area contributed by atoms with Crippen LogP contribution in [0.15, 0.2) is 35.3 Å². The van der Waals surface area contributed by atoms with E-state index in [0.29, 0.717) is 31.0 Å². The third-order valence-corrected chi connectivity index (χ3v) is 7.01. The lowest BCUT2D eigenvalue weighted by atomic mass is 9.86. The Kier molecular flexibility index (Phi) is 9.97. The van der Waals surface area contributed by atoms with Crippen LogP contribution in [0.3, 0.4) is 0 Å². The van der Waals surface area contributed by atoms with Crippen molar-refractivity contribution in [1.82, 2.24) is 15.4 Å². The Bertz CT molecular complexity index is 732. The van der Waals surface area contributed by atoms with Crippen molar-refractivity contribution in [3.8, 4) is 0 Å². The molecule has 1 aromatic carbocycles. The van der Waals surface area contributed by atoms with E-state index in [4.69, 9.17) is 0 Å². The smallest absolute Gasteiger partial charge is 0.213 e. The number of nitrogens with zero attached hydrogens (tertiary/aromatic N) is 2. The van der Waals surface area contributed by atoms with E-state index in [0.717, 1.165) is 38.8 Å². The molecule has 164 valence electrons. The number of halogens is 1. The van der Waals surface area contributed by atoms with Gasteiger partial charge in [-0.3, -0.25) is 4.99 Å². The van der Waals surface area contributed by atoms with Crippen LogP contribution in [-0.2, 0) is 10.0 Å². The van der Waals surface area contributed by atoms with Gasteiger partial charge in [0.1, 0.15) is 0 Å². The normalized spacial score (nSPS) is 18.7. The molecule has 0 atom stereocenters. The first-order valence-corrected chi connectivity index (χ1v) is 12.0. The number of sulfonamides is 1. The fraction of sp³-hybridized carbons (Fsp3) is 0.650. The maximum atomic E-state index is 12.1. The van der Waals surface area contributed by atoms with Gasteiger partial charge in [-0.2, -0.15) is 0 Å². The van der Waals surface area contributed by atoms with Gasteiger partial charge in [0.25, 0.3) is 0 Å². The maximum absolute atomic E-state index is 12.1. The number of benzene rings is 1. The quantitative estimate of drug-likeness (QED) is 0.270. The highest BCUT2D eigenvalue weighted by molar-refractivity contribution is 14.0. The van der Waals surface area contributed by atoms with E-state index in [9.17, 15) is 8.42 Å². The molecule has 3 rings (SSSR count). The van der Waals surface area contributed by atoms with Gasteiger partial charge >= 0.3 is 0 Å². The molecule has 0 amide bonds. The molecule has 9 heteroatoms. The van der Waals surface area contributed by atoms with Crippen LogP contribution in [-0.4, -0.2) is 59.4 Å². The van der Waals surface area contributed by atoms with E-state index < -0.39 is 10.0 Å². The molecule has 7 nitrogen and oxygen atoms in total. The minimum Gasteiger partial charge on any atom is -0.371 e. The Labute approximate surface area is 192 Å². The molecule has 0 radical (unpaired) electrons. The summed E-state index contributed by atoms with van der Waals surface area (Å²) in [6.07, 6.45) is 5.55. The van der Waals surface area contributed by atoms with Crippen molar-refractivity contribution in [2.75, 3.05) is 43.9 Å². The SMILES string of the molecule is CN=C(NCCS(=O)(=O)NCC1CCC1)NC1CCN(c2ccccc2)CC1.I. The van der Waals surface area contributed by atoms with Gasteiger partial charge < -0.3 is 15.5 Å². The molecule has 0 unspecified atom stereocenters. The zero-order chi connectivity index (χ0) is 19.8. The van der Waals surface area contributed by atoms with Gasteiger partial charge in [-0.1, -0.05) is 24.6 Å². The van der Waals surface area contributed by atoms with Gasteiger partial charge in [-0.15, -0.1) is 24.0 Å². The summed E-state index contributed by atoms with van der Waals surface area (Å²) in [5, 5.41) is 6.57. The van der Waals surface area contributed by atoms with E-state index >= 15 is 0 Å². The molecule has 2 fully saturated rings. The highest BCUT2D eigenvalue weighted by atomic mass is 127.